The maximum Gasteiger partial charge on any atom is 0.235 e. The Balaban J connectivity index is 1.99. The Labute approximate surface area is 133 Å². The van der Waals surface area contributed by atoms with E-state index in [-0.39, 0.29) is 9.24 Å². The molecule has 0 unspecified atom stereocenters. The normalized spacial score (nSPS) is 11.5. The summed E-state index contributed by atoms with van der Waals surface area (Å²) in [4.78, 5) is 4.44. The number of sulfone groups is 1. The molecule has 22 heavy (non-hydrogen) atoms. The Morgan fingerprint density at radius 3 is 2.00 bits per heavy atom. The number of hydrogen-bond acceptors (Lipinski definition) is 5. The molecule has 0 atom stereocenters. The molecule has 0 amide bonds. The lowest BCUT2D eigenvalue weighted by atomic mass is 10.1. The Hall–Kier alpha value is -2.05. The van der Waals surface area contributed by atoms with Crippen LogP contribution < -0.4 is 0 Å². The van der Waals surface area contributed by atoms with Crippen molar-refractivity contribution in [3.63, 3.8) is 0 Å². The molecule has 0 bridgehead atoms. The number of rotatable bonds is 3. The fourth-order valence-electron chi connectivity index (χ4n) is 1.96. The van der Waals surface area contributed by atoms with Crippen molar-refractivity contribution >= 4 is 21.4 Å². The van der Waals surface area contributed by atoms with Gasteiger partial charge in [0.1, 0.15) is 0 Å². The van der Waals surface area contributed by atoms with Gasteiger partial charge in [0.05, 0.1) is 4.90 Å². The number of hydrogen-bond donors (Lipinski definition) is 0. The summed E-state index contributed by atoms with van der Waals surface area (Å²) in [5, 5.41) is 0. The topological polar surface area (TPSA) is 59.9 Å². The van der Waals surface area contributed by atoms with Crippen LogP contribution >= 0.6 is 11.5 Å². The van der Waals surface area contributed by atoms with Crippen LogP contribution in [-0.4, -0.2) is 17.8 Å². The molecule has 112 valence electrons. The summed E-state index contributed by atoms with van der Waals surface area (Å²) < 4.78 is 29.3. The standard InChI is InChI=1S/C16H14N2O2S2/c1-11-3-7-13(8-4-11)15-17-16(21-18-15)22(19,20)14-9-5-12(2)6-10-14/h3-10H,1-2H3. The lowest BCUT2D eigenvalue weighted by molar-refractivity contribution is 0.595. The summed E-state index contributed by atoms with van der Waals surface area (Å²) in [6.07, 6.45) is 0. The van der Waals surface area contributed by atoms with Crippen LogP contribution in [0.2, 0.25) is 0 Å². The molecule has 0 fully saturated rings. The average molecular weight is 330 g/mol. The zero-order valence-corrected chi connectivity index (χ0v) is 13.8. The van der Waals surface area contributed by atoms with Gasteiger partial charge >= 0.3 is 0 Å². The third kappa shape index (κ3) is 2.80. The zero-order chi connectivity index (χ0) is 15.7. The first-order valence-electron chi connectivity index (χ1n) is 6.69. The summed E-state index contributed by atoms with van der Waals surface area (Å²) in [6.45, 7) is 3.91. The van der Waals surface area contributed by atoms with Crippen molar-refractivity contribution in [1.29, 1.82) is 0 Å². The summed E-state index contributed by atoms with van der Waals surface area (Å²) in [5.74, 6) is 0.440. The van der Waals surface area contributed by atoms with Crippen LogP contribution in [0.25, 0.3) is 11.4 Å². The summed E-state index contributed by atoms with van der Waals surface area (Å²) in [7, 11) is -3.61. The van der Waals surface area contributed by atoms with E-state index in [0.717, 1.165) is 28.2 Å². The first kappa shape index (κ1) is 14.9. The van der Waals surface area contributed by atoms with E-state index < -0.39 is 9.84 Å². The van der Waals surface area contributed by atoms with Crippen LogP contribution in [0.4, 0.5) is 0 Å². The van der Waals surface area contributed by atoms with Gasteiger partial charge in [-0.1, -0.05) is 47.5 Å². The summed E-state index contributed by atoms with van der Waals surface area (Å²) in [5.41, 5.74) is 2.95. The van der Waals surface area contributed by atoms with Crippen LogP contribution in [0.5, 0.6) is 0 Å². The Morgan fingerprint density at radius 2 is 1.41 bits per heavy atom. The van der Waals surface area contributed by atoms with Crippen molar-refractivity contribution in [1.82, 2.24) is 9.36 Å². The molecule has 0 aliphatic carbocycles. The van der Waals surface area contributed by atoms with Crippen molar-refractivity contribution in [2.45, 2.75) is 23.1 Å². The molecule has 3 aromatic rings. The van der Waals surface area contributed by atoms with Crippen molar-refractivity contribution < 1.29 is 8.42 Å². The summed E-state index contributed by atoms with van der Waals surface area (Å²) in [6, 6.07) is 14.4. The van der Waals surface area contributed by atoms with Crippen LogP contribution in [0.1, 0.15) is 11.1 Å². The lowest BCUT2D eigenvalue weighted by Crippen LogP contribution is -2.01. The van der Waals surface area contributed by atoms with Gasteiger partial charge in [-0.25, -0.2) is 13.4 Å². The first-order valence-corrected chi connectivity index (χ1v) is 8.95. The SMILES string of the molecule is Cc1ccc(-c2nsc(S(=O)(=O)c3ccc(C)cc3)n2)cc1. The lowest BCUT2D eigenvalue weighted by Gasteiger charge is -2.00. The van der Waals surface area contributed by atoms with Gasteiger partial charge < -0.3 is 0 Å². The predicted octanol–water partition coefficient (Wildman–Crippen LogP) is 3.65. The highest BCUT2D eigenvalue weighted by Gasteiger charge is 2.23. The molecule has 1 aromatic heterocycles. The summed E-state index contributed by atoms with van der Waals surface area (Å²) >= 11 is 0.905. The Bertz CT molecular complexity index is 896. The minimum absolute atomic E-state index is 0.0203. The number of aryl methyl sites for hydroxylation is 2. The van der Waals surface area contributed by atoms with E-state index in [9.17, 15) is 8.42 Å². The molecule has 0 radical (unpaired) electrons. The maximum atomic E-state index is 12.6. The number of aromatic nitrogens is 2. The molecular weight excluding hydrogens is 316 g/mol. The minimum atomic E-state index is -3.61. The van der Waals surface area contributed by atoms with Crippen molar-refractivity contribution in [3.05, 3.63) is 59.7 Å². The van der Waals surface area contributed by atoms with E-state index in [0.29, 0.717) is 5.82 Å². The van der Waals surface area contributed by atoms with Gasteiger partial charge in [0.15, 0.2) is 5.82 Å². The molecule has 0 spiro atoms. The molecule has 4 nitrogen and oxygen atoms in total. The second-order valence-electron chi connectivity index (χ2n) is 5.07. The third-order valence-corrected chi connectivity index (χ3v) is 6.12. The number of nitrogens with zero attached hydrogens (tertiary/aromatic N) is 2. The maximum absolute atomic E-state index is 12.6. The van der Waals surface area contributed by atoms with Crippen LogP contribution in [0.15, 0.2) is 57.8 Å². The average Bonchev–Trinajstić information content (AvgIpc) is 2.99. The van der Waals surface area contributed by atoms with Gasteiger partial charge in [-0.2, -0.15) is 4.37 Å². The molecule has 0 saturated heterocycles. The van der Waals surface area contributed by atoms with E-state index in [2.05, 4.69) is 9.36 Å². The smallest absolute Gasteiger partial charge is 0.216 e. The van der Waals surface area contributed by atoms with Crippen molar-refractivity contribution in [2.75, 3.05) is 0 Å². The van der Waals surface area contributed by atoms with Crippen molar-refractivity contribution in [2.24, 2.45) is 0 Å². The minimum Gasteiger partial charge on any atom is -0.216 e. The van der Waals surface area contributed by atoms with E-state index in [1.165, 1.54) is 0 Å². The monoisotopic (exact) mass is 330 g/mol. The van der Waals surface area contributed by atoms with Crippen LogP contribution in [0, 0.1) is 13.8 Å². The van der Waals surface area contributed by atoms with E-state index >= 15 is 0 Å². The molecule has 3 rings (SSSR count). The first-order chi connectivity index (χ1) is 10.5. The molecule has 0 aliphatic rings. The zero-order valence-electron chi connectivity index (χ0n) is 12.1. The van der Waals surface area contributed by atoms with Gasteiger partial charge in [-0.15, -0.1) is 0 Å². The molecular formula is C16H14N2O2S2. The second-order valence-corrected chi connectivity index (χ2v) is 7.94. The van der Waals surface area contributed by atoms with Gasteiger partial charge in [-0.05, 0) is 37.5 Å². The van der Waals surface area contributed by atoms with Gasteiger partial charge in [0.2, 0.25) is 14.2 Å². The highest BCUT2D eigenvalue weighted by molar-refractivity contribution is 7.93. The third-order valence-electron chi connectivity index (χ3n) is 3.28. The Morgan fingerprint density at radius 1 is 0.864 bits per heavy atom. The molecule has 1 heterocycles. The highest BCUT2D eigenvalue weighted by atomic mass is 32.2. The van der Waals surface area contributed by atoms with E-state index in [1.807, 2.05) is 38.1 Å². The fraction of sp³-hybridized carbons (Fsp3) is 0.125. The number of benzene rings is 2. The van der Waals surface area contributed by atoms with Crippen LogP contribution in [-0.2, 0) is 9.84 Å². The van der Waals surface area contributed by atoms with Gasteiger partial charge in [0, 0.05) is 5.56 Å². The predicted molar refractivity (Wildman–Crippen MR) is 86.7 cm³/mol. The van der Waals surface area contributed by atoms with Gasteiger partial charge in [-0.3, -0.25) is 0 Å². The quantitative estimate of drug-likeness (QED) is 0.735. The molecule has 6 heteroatoms. The Kier molecular flexibility index (Phi) is 3.80. The van der Waals surface area contributed by atoms with E-state index in [4.69, 9.17) is 0 Å². The van der Waals surface area contributed by atoms with Crippen molar-refractivity contribution in [3.8, 4) is 11.4 Å². The highest BCUT2D eigenvalue weighted by Crippen LogP contribution is 2.26. The molecule has 0 N–H and O–H groups in total. The molecule has 0 saturated carbocycles. The second kappa shape index (κ2) is 5.62. The van der Waals surface area contributed by atoms with E-state index in [1.54, 1.807) is 24.3 Å². The molecule has 2 aromatic carbocycles. The molecule has 0 aliphatic heterocycles. The largest absolute Gasteiger partial charge is 0.235 e. The van der Waals surface area contributed by atoms with Crippen LogP contribution in [0.3, 0.4) is 0 Å². The fourth-order valence-corrected chi connectivity index (χ4v) is 4.09. The van der Waals surface area contributed by atoms with Gasteiger partial charge in [0.25, 0.3) is 0 Å².